The highest BCUT2D eigenvalue weighted by molar-refractivity contribution is 6.23. The summed E-state index contributed by atoms with van der Waals surface area (Å²) in [6.45, 7) is 0. The minimum Gasteiger partial charge on any atom is -0.456 e. The second kappa shape index (κ2) is 12.1. The minimum absolute atomic E-state index is 0.572. The van der Waals surface area contributed by atoms with E-state index in [1.807, 2.05) is 72.8 Å². The molecular weight excluding hydrogens is 661 g/mol. The van der Waals surface area contributed by atoms with Gasteiger partial charge in [-0.25, -0.2) is 15.0 Å². The van der Waals surface area contributed by atoms with Crippen LogP contribution in [-0.2, 0) is 0 Å². The van der Waals surface area contributed by atoms with Crippen molar-refractivity contribution in [1.29, 1.82) is 0 Å². The highest BCUT2D eigenvalue weighted by Crippen LogP contribution is 2.43. The number of hydrogen-bond acceptors (Lipinski definition) is 4. The second-order valence-corrected chi connectivity index (χ2v) is 13.6. The van der Waals surface area contributed by atoms with Gasteiger partial charge in [-0.3, -0.25) is 0 Å². The first-order valence-corrected chi connectivity index (χ1v) is 18.1. The van der Waals surface area contributed by atoms with Gasteiger partial charge >= 0.3 is 0 Å². The predicted octanol–water partition coefficient (Wildman–Crippen LogP) is 12.7. The van der Waals surface area contributed by atoms with Crippen LogP contribution in [-0.4, -0.2) is 19.5 Å². The van der Waals surface area contributed by atoms with Crippen LogP contribution in [0, 0.1) is 0 Å². The minimum atomic E-state index is 0.572. The van der Waals surface area contributed by atoms with Gasteiger partial charge in [0.05, 0.1) is 22.1 Å². The molecule has 252 valence electrons. The van der Waals surface area contributed by atoms with E-state index in [-0.39, 0.29) is 0 Å². The fourth-order valence-corrected chi connectivity index (χ4v) is 7.93. The molecule has 0 radical (unpaired) electrons. The molecule has 5 nitrogen and oxygen atoms in total. The third-order valence-electron chi connectivity index (χ3n) is 10.4. The Kier molecular flexibility index (Phi) is 6.79. The SMILES string of the molecule is c1ccc(-c2ccc3c4c5ccccc5ccc4n(-c4cc(-c5nc(-c6ccccc6)nc(-c6ccccc6)n5)cc5oc6ccccc6c45)c3c2)cc1. The van der Waals surface area contributed by atoms with Crippen molar-refractivity contribution >= 4 is 54.5 Å². The number of rotatable bonds is 5. The number of hydrogen-bond donors (Lipinski definition) is 0. The topological polar surface area (TPSA) is 56.7 Å². The van der Waals surface area contributed by atoms with Gasteiger partial charge in [0.25, 0.3) is 0 Å². The van der Waals surface area contributed by atoms with Crippen LogP contribution in [0.25, 0.3) is 105 Å². The lowest BCUT2D eigenvalue weighted by Crippen LogP contribution is -2.01. The third-order valence-corrected chi connectivity index (χ3v) is 10.4. The van der Waals surface area contributed by atoms with Gasteiger partial charge in [0.2, 0.25) is 0 Å². The Morgan fingerprint density at radius 2 is 0.944 bits per heavy atom. The summed E-state index contributed by atoms with van der Waals surface area (Å²) in [5.74, 6) is 1.80. The summed E-state index contributed by atoms with van der Waals surface area (Å²) in [5, 5.41) is 6.91. The van der Waals surface area contributed by atoms with Crippen LogP contribution in [0.3, 0.4) is 0 Å². The van der Waals surface area contributed by atoms with Gasteiger partial charge < -0.3 is 8.98 Å². The van der Waals surface area contributed by atoms with Gasteiger partial charge in [-0.2, -0.15) is 0 Å². The lowest BCUT2D eigenvalue weighted by Gasteiger charge is -2.14. The van der Waals surface area contributed by atoms with Gasteiger partial charge in [-0.1, -0.05) is 152 Å². The Hall–Kier alpha value is -7.37. The summed E-state index contributed by atoms with van der Waals surface area (Å²) in [4.78, 5) is 15.2. The quantitative estimate of drug-likeness (QED) is 0.180. The number of benzene rings is 8. The van der Waals surface area contributed by atoms with Crippen molar-refractivity contribution in [3.8, 4) is 51.0 Å². The molecule has 0 aliphatic rings. The van der Waals surface area contributed by atoms with Gasteiger partial charge in [-0.05, 0) is 52.2 Å². The highest BCUT2D eigenvalue weighted by Gasteiger charge is 2.22. The van der Waals surface area contributed by atoms with E-state index in [9.17, 15) is 0 Å². The fourth-order valence-electron chi connectivity index (χ4n) is 7.93. The van der Waals surface area contributed by atoms with Crippen molar-refractivity contribution in [2.24, 2.45) is 0 Å². The van der Waals surface area contributed by atoms with Crippen LogP contribution >= 0.6 is 0 Å². The average molecular weight is 691 g/mol. The molecule has 0 spiro atoms. The predicted molar refractivity (Wildman–Crippen MR) is 221 cm³/mol. The van der Waals surface area contributed by atoms with Crippen molar-refractivity contribution in [1.82, 2.24) is 19.5 Å². The Labute approximate surface area is 310 Å². The molecule has 54 heavy (non-hydrogen) atoms. The summed E-state index contributed by atoms with van der Waals surface area (Å²) in [6, 6.07) is 63.3. The Morgan fingerprint density at radius 1 is 0.352 bits per heavy atom. The molecule has 11 aromatic rings. The van der Waals surface area contributed by atoms with Crippen LogP contribution in [0.5, 0.6) is 0 Å². The van der Waals surface area contributed by atoms with Crippen molar-refractivity contribution in [3.05, 3.63) is 182 Å². The maximum absolute atomic E-state index is 6.69. The summed E-state index contributed by atoms with van der Waals surface area (Å²) in [6.07, 6.45) is 0. The molecule has 0 atom stereocenters. The van der Waals surface area contributed by atoms with Crippen LogP contribution in [0.1, 0.15) is 0 Å². The number of para-hydroxylation sites is 1. The zero-order valence-electron chi connectivity index (χ0n) is 29.0. The van der Waals surface area contributed by atoms with E-state index in [2.05, 4.69) is 114 Å². The van der Waals surface area contributed by atoms with E-state index in [0.29, 0.717) is 17.5 Å². The molecule has 0 aliphatic heterocycles. The molecule has 0 unspecified atom stereocenters. The molecule has 0 saturated heterocycles. The van der Waals surface area contributed by atoms with E-state index in [4.69, 9.17) is 19.4 Å². The normalized spacial score (nSPS) is 11.7. The number of furan rings is 1. The molecule has 0 saturated carbocycles. The molecule has 8 aromatic carbocycles. The molecule has 0 bridgehead atoms. The maximum atomic E-state index is 6.69. The highest BCUT2D eigenvalue weighted by atomic mass is 16.3. The van der Waals surface area contributed by atoms with Gasteiger partial charge in [0.1, 0.15) is 11.2 Å². The van der Waals surface area contributed by atoms with Crippen molar-refractivity contribution in [2.75, 3.05) is 0 Å². The zero-order chi connectivity index (χ0) is 35.6. The van der Waals surface area contributed by atoms with Crippen LogP contribution in [0.15, 0.2) is 186 Å². The Balaban J connectivity index is 1.26. The monoisotopic (exact) mass is 690 g/mol. The van der Waals surface area contributed by atoms with E-state index in [1.165, 1.54) is 27.1 Å². The Morgan fingerprint density at radius 3 is 1.65 bits per heavy atom. The number of fused-ring (bicyclic) bond motifs is 8. The molecule has 0 aliphatic carbocycles. The standard InChI is InChI=1S/C49H30N4O/c1-4-14-31(15-5-1)35-24-26-38-41(28-35)53(40-27-25-32-16-10-11-21-37(32)45(38)40)42-29-36(30-44-46(42)39-22-12-13-23-43(39)54-44)49-51-47(33-17-6-2-7-18-33)50-48(52-49)34-19-8-3-9-20-34/h1-30H. The number of nitrogens with zero attached hydrogens (tertiary/aromatic N) is 4. The van der Waals surface area contributed by atoms with E-state index < -0.39 is 0 Å². The van der Waals surface area contributed by atoms with E-state index >= 15 is 0 Å². The first kappa shape index (κ1) is 30.3. The molecule has 11 rings (SSSR count). The molecule has 3 heterocycles. The third kappa shape index (κ3) is 4.83. The molecule has 5 heteroatoms. The van der Waals surface area contributed by atoms with Crippen LogP contribution in [0.2, 0.25) is 0 Å². The first-order valence-electron chi connectivity index (χ1n) is 18.1. The number of aromatic nitrogens is 4. The molecule has 0 N–H and O–H groups in total. The van der Waals surface area contributed by atoms with E-state index in [0.717, 1.165) is 60.9 Å². The molecule has 3 aromatic heterocycles. The summed E-state index contributed by atoms with van der Waals surface area (Å²) in [7, 11) is 0. The van der Waals surface area contributed by atoms with Crippen molar-refractivity contribution in [3.63, 3.8) is 0 Å². The molecule has 0 fully saturated rings. The van der Waals surface area contributed by atoms with Gasteiger partial charge in [0.15, 0.2) is 17.5 Å². The van der Waals surface area contributed by atoms with Gasteiger partial charge in [-0.15, -0.1) is 0 Å². The lowest BCUT2D eigenvalue weighted by molar-refractivity contribution is 0.669. The van der Waals surface area contributed by atoms with E-state index in [1.54, 1.807) is 0 Å². The van der Waals surface area contributed by atoms with Gasteiger partial charge in [0, 0.05) is 32.8 Å². The smallest absolute Gasteiger partial charge is 0.164 e. The zero-order valence-corrected chi connectivity index (χ0v) is 29.0. The summed E-state index contributed by atoms with van der Waals surface area (Å²) < 4.78 is 9.10. The molecular formula is C49H30N4O. The average Bonchev–Trinajstić information content (AvgIpc) is 3.80. The first-order chi connectivity index (χ1) is 26.8. The van der Waals surface area contributed by atoms with Crippen molar-refractivity contribution < 1.29 is 4.42 Å². The largest absolute Gasteiger partial charge is 0.456 e. The summed E-state index contributed by atoms with van der Waals surface area (Å²) >= 11 is 0. The fraction of sp³-hybridized carbons (Fsp3) is 0. The van der Waals surface area contributed by atoms with Crippen LogP contribution in [0.4, 0.5) is 0 Å². The second-order valence-electron chi connectivity index (χ2n) is 13.6. The lowest BCUT2D eigenvalue weighted by atomic mass is 10.0. The Bertz CT molecular complexity index is 3140. The molecule has 0 amide bonds. The van der Waals surface area contributed by atoms with Crippen molar-refractivity contribution in [2.45, 2.75) is 0 Å². The summed E-state index contributed by atoms with van der Waals surface area (Å²) in [5.41, 5.74) is 9.81. The maximum Gasteiger partial charge on any atom is 0.164 e. The van der Waals surface area contributed by atoms with Crippen LogP contribution < -0.4 is 0 Å².